The van der Waals surface area contributed by atoms with Crippen LogP contribution in [0, 0.1) is 0 Å². The zero-order chi connectivity index (χ0) is 13.7. The molecule has 0 saturated carbocycles. The molecule has 0 aliphatic carbocycles. The minimum atomic E-state index is -3.45. The molecule has 2 heterocycles. The van der Waals surface area contributed by atoms with Crippen molar-refractivity contribution in [1.82, 2.24) is 25.0 Å². The Bertz CT molecular complexity index is 603. The van der Waals surface area contributed by atoms with Crippen LogP contribution in [0.2, 0.25) is 0 Å². The number of nitrogens with zero attached hydrogens (tertiary/aromatic N) is 1. The Labute approximate surface area is 111 Å². The predicted molar refractivity (Wildman–Crippen MR) is 71.0 cm³/mol. The first-order valence-corrected chi connectivity index (χ1v) is 7.39. The number of hydrogen-bond acceptors (Lipinski definition) is 4. The molecule has 4 N–H and O–H groups in total. The van der Waals surface area contributed by atoms with E-state index < -0.39 is 10.0 Å². The number of aromatic amines is 2. The number of imidazole rings is 1. The SMILES string of the molecule is CNCc1cc(S(=O)(=O)NCCc2cnc[nH]2)c[nH]1. The third kappa shape index (κ3) is 3.66. The normalized spacial score (nSPS) is 11.8. The van der Waals surface area contributed by atoms with Gasteiger partial charge in [0.1, 0.15) is 0 Å². The van der Waals surface area contributed by atoms with E-state index in [2.05, 4.69) is 25.0 Å². The lowest BCUT2D eigenvalue weighted by Crippen LogP contribution is -2.25. The van der Waals surface area contributed by atoms with E-state index in [-0.39, 0.29) is 4.90 Å². The summed E-state index contributed by atoms with van der Waals surface area (Å²) in [6.07, 6.45) is 5.31. The summed E-state index contributed by atoms with van der Waals surface area (Å²) in [5, 5.41) is 2.95. The Hall–Kier alpha value is -1.64. The lowest BCUT2D eigenvalue weighted by Gasteiger charge is -2.03. The molecule has 0 radical (unpaired) electrons. The van der Waals surface area contributed by atoms with Gasteiger partial charge in [0, 0.05) is 43.3 Å². The summed E-state index contributed by atoms with van der Waals surface area (Å²) in [6.45, 7) is 0.931. The molecule has 7 nitrogen and oxygen atoms in total. The highest BCUT2D eigenvalue weighted by molar-refractivity contribution is 7.89. The Morgan fingerprint density at radius 3 is 2.84 bits per heavy atom. The van der Waals surface area contributed by atoms with Crippen molar-refractivity contribution in [3.63, 3.8) is 0 Å². The minimum absolute atomic E-state index is 0.252. The largest absolute Gasteiger partial charge is 0.363 e. The van der Waals surface area contributed by atoms with Crippen LogP contribution in [0.4, 0.5) is 0 Å². The Morgan fingerprint density at radius 2 is 2.16 bits per heavy atom. The van der Waals surface area contributed by atoms with Crippen LogP contribution < -0.4 is 10.0 Å². The van der Waals surface area contributed by atoms with Gasteiger partial charge in [-0.1, -0.05) is 0 Å². The smallest absolute Gasteiger partial charge is 0.242 e. The summed E-state index contributed by atoms with van der Waals surface area (Å²) >= 11 is 0. The molecule has 0 aliphatic rings. The molecular formula is C11H17N5O2S. The van der Waals surface area contributed by atoms with Gasteiger partial charge < -0.3 is 15.3 Å². The van der Waals surface area contributed by atoms with Crippen LogP contribution in [0.1, 0.15) is 11.4 Å². The van der Waals surface area contributed by atoms with Crippen LogP contribution in [-0.2, 0) is 23.0 Å². The van der Waals surface area contributed by atoms with Gasteiger partial charge in [-0.3, -0.25) is 0 Å². The highest BCUT2D eigenvalue weighted by Crippen LogP contribution is 2.10. The van der Waals surface area contributed by atoms with E-state index in [0.717, 1.165) is 11.4 Å². The van der Waals surface area contributed by atoms with E-state index >= 15 is 0 Å². The fourth-order valence-electron chi connectivity index (χ4n) is 1.69. The Morgan fingerprint density at radius 1 is 1.32 bits per heavy atom. The molecule has 0 saturated heterocycles. The van der Waals surface area contributed by atoms with E-state index in [9.17, 15) is 8.42 Å². The summed E-state index contributed by atoms with van der Waals surface area (Å²) in [7, 11) is -1.65. The molecule has 2 rings (SSSR count). The summed E-state index contributed by atoms with van der Waals surface area (Å²) in [5.74, 6) is 0. The molecule has 0 unspecified atom stereocenters. The second-order valence-electron chi connectivity index (χ2n) is 4.12. The molecule has 0 amide bonds. The van der Waals surface area contributed by atoms with E-state index in [1.807, 2.05) is 0 Å². The second-order valence-corrected chi connectivity index (χ2v) is 5.88. The predicted octanol–water partition coefficient (Wildman–Crippen LogP) is -0.0218. The lowest BCUT2D eigenvalue weighted by molar-refractivity contribution is 0.581. The maximum absolute atomic E-state index is 12.0. The molecule has 19 heavy (non-hydrogen) atoms. The summed E-state index contributed by atoms with van der Waals surface area (Å²) in [4.78, 5) is 9.97. The van der Waals surface area contributed by atoms with E-state index in [4.69, 9.17) is 0 Å². The molecule has 104 valence electrons. The van der Waals surface area contributed by atoms with Gasteiger partial charge in [-0.2, -0.15) is 0 Å². The standard InChI is InChI=1S/C11H17N5O2S/c1-12-5-10-4-11(7-14-10)19(17,18)16-3-2-9-6-13-8-15-9/h4,6-8,12,14,16H,2-3,5H2,1H3,(H,13,15). The van der Waals surface area contributed by atoms with Crippen LogP contribution in [0.25, 0.3) is 0 Å². The van der Waals surface area contributed by atoms with Gasteiger partial charge in [0.2, 0.25) is 10.0 Å². The zero-order valence-electron chi connectivity index (χ0n) is 10.6. The second kappa shape index (κ2) is 6.00. The molecule has 0 spiro atoms. The third-order valence-electron chi connectivity index (χ3n) is 2.64. The van der Waals surface area contributed by atoms with Crippen molar-refractivity contribution < 1.29 is 8.42 Å². The topological polar surface area (TPSA) is 103 Å². The van der Waals surface area contributed by atoms with Crippen molar-refractivity contribution in [1.29, 1.82) is 0 Å². The van der Waals surface area contributed by atoms with E-state index in [1.54, 1.807) is 25.6 Å². The van der Waals surface area contributed by atoms with Crippen molar-refractivity contribution in [2.45, 2.75) is 17.9 Å². The quantitative estimate of drug-likeness (QED) is 0.573. The van der Waals surface area contributed by atoms with Gasteiger partial charge >= 0.3 is 0 Å². The maximum atomic E-state index is 12.0. The van der Waals surface area contributed by atoms with Crippen molar-refractivity contribution in [2.24, 2.45) is 0 Å². The first-order valence-electron chi connectivity index (χ1n) is 5.90. The molecule has 0 atom stereocenters. The molecule has 2 aromatic rings. The minimum Gasteiger partial charge on any atom is -0.363 e. The number of sulfonamides is 1. The molecule has 0 aliphatic heterocycles. The number of hydrogen-bond donors (Lipinski definition) is 4. The number of aromatic nitrogens is 3. The molecule has 0 fully saturated rings. The molecule has 8 heteroatoms. The van der Waals surface area contributed by atoms with E-state index in [1.165, 1.54) is 6.20 Å². The molecule has 2 aromatic heterocycles. The number of H-pyrrole nitrogens is 2. The van der Waals surface area contributed by atoms with Crippen molar-refractivity contribution in [3.8, 4) is 0 Å². The number of rotatable bonds is 7. The fraction of sp³-hybridized carbons (Fsp3) is 0.364. The maximum Gasteiger partial charge on any atom is 0.242 e. The average Bonchev–Trinajstić information content (AvgIpc) is 3.00. The van der Waals surface area contributed by atoms with Crippen molar-refractivity contribution >= 4 is 10.0 Å². The monoisotopic (exact) mass is 283 g/mol. The van der Waals surface area contributed by atoms with Crippen molar-refractivity contribution in [2.75, 3.05) is 13.6 Å². The highest BCUT2D eigenvalue weighted by Gasteiger charge is 2.15. The highest BCUT2D eigenvalue weighted by atomic mass is 32.2. The summed E-state index contributed by atoms with van der Waals surface area (Å²) in [5.41, 5.74) is 1.73. The van der Waals surface area contributed by atoms with E-state index in [0.29, 0.717) is 19.5 Å². The zero-order valence-corrected chi connectivity index (χ0v) is 11.4. The van der Waals surface area contributed by atoms with Crippen molar-refractivity contribution in [3.05, 3.63) is 36.2 Å². The van der Waals surface area contributed by atoms with Crippen LogP contribution in [0.5, 0.6) is 0 Å². The fourth-order valence-corrected chi connectivity index (χ4v) is 2.74. The van der Waals surface area contributed by atoms with Gasteiger partial charge in [0.25, 0.3) is 0 Å². The lowest BCUT2D eigenvalue weighted by atomic mass is 10.3. The molecule has 0 aromatic carbocycles. The average molecular weight is 283 g/mol. The molecule has 0 bridgehead atoms. The van der Waals surface area contributed by atoms with Crippen LogP contribution in [-0.4, -0.2) is 37.0 Å². The summed E-state index contributed by atoms with van der Waals surface area (Å²) < 4.78 is 26.6. The van der Waals surface area contributed by atoms with Crippen LogP contribution in [0.3, 0.4) is 0 Å². The first kappa shape index (κ1) is 13.8. The van der Waals surface area contributed by atoms with Gasteiger partial charge in [0.15, 0.2) is 0 Å². The third-order valence-corrected chi connectivity index (χ3v) is 4.08. The number of nitrogens with one attached hydrogen (secondary N) is 4. The Kier molecular flexibility index (Phi) is 4.35. The molecular weight excluding hydrogens is 266 g/mol. The van der Waals surface area contributed by atoms with Crippen LogP contribution >= 0.6 is 0 Å². The van der Waals surface area contributed by atoms with Gasteiger partial charge in [-0.25, -0.2) is 18.1 Å². The van der Waals surface area contributed by atoms with Crippen LogP contribution in [0.15, 0.2) is 29.7 Å². The summed E-state index contributed by atoms with van der Waals surface area (Å²) in [6, 6.07) is 1.62. The van der Waals surface area contributed by atoms with Gasteiger partial charge in [-0.05, 0) is 13.1 Å². The first-order chi connectivity index (χ1) is 9.12. The van der Waals surface area contributed by atoms with Gasteiger partial charge in [0.05, 0.1) is 11.2 Å². The Balaban J connectivity index is 1.93. The van der Waals surface area contributed by atoms with Gasteiger partial charge in [-0.15, -0.1) is 0 Å².